The predicted octanol–water partition coefficient (Wildman–Crippen LogP) is 3.98. The molecule has 0 saturated heterocycles. The number of alkyl carbamates (subject to hydrolysis) is 1. The molecule has 0 radical (unpaired) electrons. The fourth-order valence-electron chi connectivity index (χ4n) is 1.29. The van der Waals surface area contributed by atoms with Crippen LogP contribution in [0.4, 0.5) is 4.79 Å². The summed E-state index contributed by atoms with van der Waals surface area (Å²) in [7, 11) is 0. The summed E-state index contributed by atoms with van der Waals surface area (Å²) >= 11 is 0. The van der Waals surface area contributed by atoms with Crippen LogP contribution >= 0.6 is 0 Å². The van der Waals surface area contributed by atoms with Gasteiger partial charge in [-0.25, -0.2) is 4.79 Å². The zero-order chi connectivity index (χ0) is 13.8. The number of ether oxygens (including phenoxy) is 1. The maximum absolute atomic E-state index is 11.2. The van der Waals surface area contributed by atoms with Crippen molar-refractivity contribution in [1.82, 2.24) is 5.32 Å². The molecule has 102 valence electrons. The van der Waals surface area contributed by atoms with Crippen molar-refractivity contribution >= 4 is 6.09 Å². The largest absolute Gasteiger partial charge is 0.449 e. The van der Waals surface area contributed by atoms with Crippen LogP contribution in [-0.4, -0.2) is 19.2 Å². The highest BCUT2D eigenvalue weighted by Crippen LogP contribution is 2.05. The van der Waals surface area contributed by atoms with Gasteiger partial charge >= 0.3 is 6.09 Å². The van der Waals surface area contributed by atoms with Gasteiger partial charge in [0, 0.05) is 6.54 Å². The normalized spacial score (nSPS) is 10.7. The summed E-state index contributed by atoms with van der Waals surface area (Å²) < 4.78 is 4.92. The van der Waals surface area contributed by atoms with Gasteiger partial charge in [0.2, 0.25) is 0 Å². The molecule has 18 heavy (non-hydrogen) atoms. The molecule has 0 atom stereocenters. The van der Waals surface area contributed by atoms with Gasteiger partial charge in [0.05, 0.1) is 6.61 Å². The van der Waals surface area contributed by atoms with E-state index in [2.05, 4.69) is 38.7 Å². The molecular formula is C15H25NO2. The van der Waals surface area contributed by atoms with Crippen LogP contribution in [0.2, 0.25) is 0 Å². The van der Waals surface area contributed by atoms with Crippen molar-refractivity contribution < 1.29 is 9.53 Å². The number of hydrogen-bond donors (Lipinski definition) is 1. The second kappa shape index (κ2) is 10.6. The summed E-state index contributed by atoms with van der Waals surface area (Å²) in [6, 6.07) is 0. The first-order chi connectivity index (χ1) is 8.56. The van der Waals surface area contributed by atoms with Gasteiger partial charge in [-0.3, -0.25) is 0 Å². The molecule has 3 nitrogen and oxygen atoms in total. The molecule has 0 heterocycles. The standard InChI is InChI=1S/C15H25NO2/c1-5-6-12-18-15(17)16-11-10-14(4)9-7-8-13(2)3/h5,8,10H,1,6-7,9,11-12H2,2-4H3,(H,16,17). The SMILES string of the molecule is C=CCCOC(=O)NCC=C(C)CCC=C(C)C. The summed E-state index contributed by atoms with van der Waals surface area (Å²) in [6.45, 7) is 10.7. The van der Waals surface area contributed by atoms with E-state index in [9.17, 15) is 4.79 Å². The van der Waals surface area contributed by atoms with Crippen LogP contribution in [0.25, 0.3) is 0 Å². The van der Waals surface area contributed by atoms with Crippen LogP contribution in [0, 0.1) is 0 Å². The third-order valence-corrected chi connectivity index (χ3v) is 2.34. The van der Waals surface area contributed by atoms with Gasteiger partial charge in [-0.2, -0.15) is 0 Å². The van der Waals surface area contributed by atoms with Crippen LogP contribution in [0.1, 0.15) is 40.0 Å². The van der Waals surface area contributed by atoms with E-state index in [0.717, 1.165) is 12.8 Å². The number of amides is 1. The smallest absolute Gasteiger partial charge is 0.407 e. The second-order valence-electron chi connectivity index (χ2n) is 4.46. The minimum absolute atomic E-state index is 0.370. The number of nitrogens with one attached hydrogen (secondary N) is 1. The van der Waals surface area contributed by atoms with Crippen molar-refractivity contribution in [1.29, 1.82) is 0 Å². The van der Waals surface area contributed by atoms with E-state index in [1.54, 1.807) is 6.08 Å². The molecular weight excluding hydrogens is 226 g/mol. The lowest BCUT2D eigenvalue weighted by Gasteiger charge is -2.04. The monoisotopic (exact) mass is 251 g/mol. The molecule has 3 heteroatoms. The van der Waals surface area contributed by atoms with E-state index in [1.165, 1.54) is 11.1 Å². The molecule has 0 unspecified atom stereocenters. The summed E-state index contributed by atoms with van der Waals surface area (Å²) in [4.78, 5) is 11.2. The highest BCUT2D eigenvalue weighted by Gasteiger charge is 1.98. The molecule has 0 aromatic carbocycles. The first kappa shape index (κ1) is 16.5. The Labute approximate surface area is 111 Å². The lowest BCUT2D eigenvalue weighted by Crippen LogP contribution is -2.24. The number of rotatable bonds is 8. The first-order valence-electron chi connectivity index (χ1n) is 6.36. The molecule has 0 aromatic heterocycles. The first-order valence-corrected chi connectivity index (χ1v) is 6.36. The van der Waals surface area contributed by atoms with E-state index in [0.29, 0.717) is 19.6 Å². The van der Waals surface area contributed by atoms with Crippen LogP contribution in [0.3, 0.4) is 0 Å². The lowest BCUT2D eigenvalue weighted by atomic mass is 10.1. The van der Waals surface area contributed by atoms with Crippen molar-refractivity contribution in [3.63, 3.8) is 0 Å². The van der Waals surface area contributed by atoms with E-state index >= 15 is 0 Å². The summed E-state index contributed by atoms with van der Waals surface area (Å²) in [6.07, 6.45) is 8.35. The summed E-state index contributed by atoms with van der Waals surface area (Å²) in [5.74, 6) is 0. The number of carbonyl (C=O) groups excluding carboxylic acids is 1. The fourth-order valence-corrected chi connectivity index (χ4v) is 1.29. The Kier molecular flexibility index (Phi) is 9.74. The van der Waals surface area contributed by atoms with Crippen molar-refractivity contribution in [3.8, 4) is 0 Å². The van der Waals surface area contributed by atoms with Crippen molar-refractivity contribution in [2.24, 2.45) is 0 Å². The number of allylic oxidation sites excluding steroid dienone is 3. The van der Waals surface area contributed by atoms with Crippen LogP contribution in [-0.2, 0) is 4.74 Å². The van der Waals surface area contributed by atoms with Gasteiger partial charge in [-0.15, -0.1) is 6.58 Å². The average molecular weight is 251 g/mol. The van der Waals surface area contributed by atoms with Crippen LogP contribution in [0.5, 0.6) is 0 Å². The molecule has 1 N–H and O–H groups in total. The zero-order valence-corrected chi connectivity index (χ0v) is 11.8. The van der Waals surface area contributed by atoms with E-state index < -0.39 is 0 Å². The molecule has 1 amide bonds. The number of hydrogen-bond acceptors (Lipinski definition) is 2. The minimum Gasteiger partial charge on any atom is -0.449 e. The van der Waals surface area contributed by atoms with Gasteiger partial charge < -0.3 is 10.1 Å². The Morgan fingerprint density at radius 1 is 1.22 bits per heavy atom. The van der Waals surface area contributed by atoms with Crippen LogP contribution in [0.15, 0.2) is 36.0 Å². The predicted molar refractivity (Wildman–Crippen MR) is 76.6 cm³/mol. The highest BCUT2D eigenvalue weighted by molar-refractivity contribution is 5.67. The Hall–Kier alpha value is -1.51. The van der Waals surface area contributed by atoms with Gasteiger partial charge in [0.1, 0.15) is 0 Å². The second-order valence-corrected chi connectivity index (χ2v) is 4.46. The topological polar surface area (TPSA) is 38.3 Å². The van der Waals surface area contributed by atoms with E-state index in [1.807, 2.05) is 6.08 Å². The third-order valence-electron chi connectivity index (χ3n) is 2.34. The lowest BCUT2D eigenvalue weighted by molar-refractivity contribution is 0.149. The zero-order valence-electron chi connectivity index (χ0n) is 11.8. The van der Waals surface area contributed by atoms with Crippen molar-refractivity contribution in [3.05, 3.63) is 36.0 Å². The van der Waals surface area contributed by atoms with Gasteiger partial charge in [0.25, 0.3) is 0 Å². The molecule has 0 spiro atoms. The molecule has 0 bridgehead atoms. The maximum atomic E-state index is 11.2. The van der Waals surface area contributed by atoms with Gasteiger partial charge in [-0.1, -0.05) is 29.4 Å². The van der Waals surface area contributed by atoms with Gasteiger partial charge in [0.15, 0.2) is 0 Å². The molecule has 0 fully saturated rings. The molecule has 0 aliphatic carbocycles. The Morgan fingerprint density at radius 3 is 2.56 bits per heavy atom. The summed E-state index contributed by atoms with van der Waals surface area (Å²) in [5.41, 5.74) is 2.62. The van der Waals surface area contributed by atoms with E-state index in [-0.39, 0.29) is 6.09 Å². The highest BCUT2D eigenvalue weighted by atomic mass is 16.5. The van der Waals surface area contributed by atoms with Gasteiger partial charge in [-0.05, 0) is 40.0 Å². The van der Waals surface area contributed by atoms with Crippen LogP contribution < -0.4 is 5.32 Å². The summed E-state index contributed by atoms with van der Waals surface area (Å²) in [5, 5.41) is 2.68. The van der Waals surface area contributed by atoms with Crippen molar-refractivity contribution in [2.45, 2.75) is 40.0 Å². The molecule has 0 aliphatic heterocycles. The minimum atomic E-state index is -0.370. The molecule has 0 aliphatic rings. The average Bonchev–Trinajstić information content (AvgIpc) is 2.29. The quantitative estimate of drug-likeness (QED) is 0.523. The molecule has 0 saturated carbocycles. The molecule has 0 rings (SSSR count). The Bertz CT molecular complexity index is 312. The maximum Gasteiger partial charge on any atom is 0.407 e. The number of carbonyl (C=O) groups is 1. The Morgan fingerprint density at radius 2 is 1.94 bits per heavy atom. The Balaban J connectivity index is 3.69. The third kappa shape index (κ3) is 11.0. The molecule has 0 aromatic rings. The fraction of sp³-hybridized carbons (Fsp3) is 0.533. The van der Waals surface area contributed by atoms with E-state index in [4.69, 9.17) is 4.74 Å². The van der Waals surface area contributed by atoms with Crippen molar-refractivity contribution in [2.75, 3.05) is 13.2 Å².